The molecular formula is C4H5F2. The molecule has 1 radical (unpaired) electrons. The standard InChI is InChI=1S/C4H5F2/c1-4(6)2-3(4)5/h2H2,1H3. The Morgan fingerprint density at radius 1 is 1.83 bits per heavy atom. The van der Waals surface area contributed by atoms with Gasteiger partial charge in [0.1, 0.15) is 5.67 Å². The molecule has 6 heavy (non-hydrogen) atoms. The number of halogens is 2. The lowest BCUT2D eigenvalue weighted by Gasteiger charge is -1.83. The molecule has 0 amide bonds. The van der Waals surface area contributed by atoms with Crippen LogP contribution in [-0.4, -0.2) is 5.67 Å². The smallest absolute Gasteiger partial charge is 0.184 e. The van der Waals surface area contributed by atoms with Gasteiger partial charge in [-0.3, -0.25) is 0 Å². The van der Waals surface area contributed by atoms with E-state index in [9.17, 15) is 8.78 Å². The molecule has 1 fully saturated rings. The third-order valence-corrected chi connectivity index (χ3v) is 0.928. The molecule has 1 unspecified atom stereocenters. The van der Waals surface area contributed by atoms with Crippen LogP contribution in [0.4, 0.5) is 8.78 Å². The third kappa shape index (κ3) is 0.402. The highest BCUT2D eigenvalue weighted by atomic mass is 19.2. The van der Waals surface area contributed by atoms with Crippen molar-refractivity contribution in [2.24, 2.45) is 0 Å². The van der Waals surface area contributed by atoms with Gasteiger partial charge < -0.3 is 0 Å². The zero-order chi connectivity index (χ0) is 4.78. The Labute approximate surface area is 35.2 Å². The maximum atomic E-state index is 11.8. The topological polar surface area (TPSA) is 0 Å². The summed E-state index contributed by atoms with van der Waals surface area (Å²) in [6.45, 7) is 1.24. The summed E-state index contributed by atoms with van der Waals surface area (Å²) in [7, 11) is 0. The Hall–Kier alpha value is -0.140. The Bertz CT molecular complexity index is 67.9. The summed E-state index contributed by atoms with van der Waals surface area (Å²) in [6.07, 6.45) is -0.491. The molecule has 35 valence electrons. The van der Waals surface area contributed by atoms with Gasteiger partial charge in [0.15, 0.2) is 6.17 Å². The average molecular weight is 91.1 g/mol. The predicted molar refractivity (Wildman–Crippen MR) is 18.5 cm³/mol. The molecule has 1 aliphatic carbocycles. The first-order valence-electron chi connectivity index (χ1n) is 1.84. The first-order valence-corrected chi connectivity index (χ1v) is 1.84. The van der Waals surface area contributed by atoms with Crippen LogP contribution in [0.3, 0.4) is 0 Å². The van der Waals surface area contributed by atoms with Crippen molar-refractivity contribution in [1.29, 1.82) is 0 Å². The maximum absolute atomic E-state index is 11.8. The molecule has 0 saturated heterocycles. The first kappa shape index (κ1) is 4.03. The minimum atomic E-state index is -1.54. The second-order valence-corrected chi connectivity index (χ2v) is 1.78. The fraction of sp³-hybridized carbons (Fsp3) is 0.750. The van der Waals surface area contributed by atoms with Gasteiger partial charge in [-0.25, -0.2) is 8.78 Å². The summed E-state index contributed by atoms with van der Waals surface area (Å²) < 4.78 is 23.2. The minimum Gasteiger partial charge on any atom is -0.240 e. The Morgan fingerprint density at radius 2 is 2.00 bits per heavy atom. The number of rotatable bonds is 0. The summed E-state index contributed by atoms with van der Waals surface area (Å²) >= 11 is 0. The van der Waals surface area contributed by atoms with Crippen molar-refractivity contribution in [2.45, 2.75) is 19.0 Å². The van der Waals surface area contributed by atoms with Crippen LogP contribution in [0.5, 0.6) is 0 Å². The Balaban J connectivity index is 2.41. The third-order valence-electron chi connectivity index (χ3n) is 0.928. The predicted octanol–water partition coefficient (Wildman–Crippen LogP) is 1.62. The van der Waals surface area contributed by atoms with Crippen LogP contribution in [0.25, 0.3) is 0 Å². The number of alkyl halides is 1. The van der Waals surface area contributed by atoms with Gasteiger partial charge in [-0.1, -0.05) is 0 Å². The Kier molecular flexibility index (Phi) is 0.500. The summed E-state index contributed by atoms with van der Waals surface area (Å²) in [6, 6.07) is 0. The molecule has 0 heterocycles. The molecule has 1 atom stereocenters. The van der Waals surface area contributed by atoms with Crippen molar-refractivity contribution in [3.63, 3.8) is 0 Å². The molecular weight excluding hydrogens is 86.0 g/mol. The molecule has 1 aliphatic rings. The van der Waals surface area contributed by atoms with Gasteiger partial charge >= 0.3 is 0 Å². The van der Waals surface area contributed by atoms with Crippen molar-refractivity contribution in [3.05, 3.63) is 6.17 Å². The van der Waals surface area contributed by atoms with E-state index in [1.807, 2.05) is 0 Å². The van der Waals surface area contributed by atoms with E-state index in [0.717, 1.165) is 0 Å². The normalized spacial score (nSPS) is 46.5. The molecule has 1 saturated carbocycles. The van der Waals surface area contributed by atoms with E-state index in [4.69, 9.17) is 0 Å². The maximum Gasteiger partial charge on any atom is 0.184 e. The van der Waals surface area contributed by atoms with Crippen LogP contribution in [0.2, 0.25) is 0 Å². The molecule has 2 heteroatoms. The summed E-state index contributed by atoms with van der Waals surface area (Å²) in [5.74, 6) is 0. The number of hydrogen-bond acceptors (Lipinski definition) is 0. The highest BCUT2D eigenvalue weighted by Crippen LogP contribution is 2.49. The van der Waals surface area contributed by atoms with Gasteiger partial charge in [-0.15, -0.1) is 0 Å². The van der Waals surface area contributed by atoms with Crippen molar-refractivity contribution in [1.82, 2.24) is 0 Å². The van der Waals surface area contributed by atoms with Crippen LogP contribution in [0.15, 0.2) is 0 Å². The highest BCUT2D eigenvalue weighted by Gasteiger charge is 2.53. The van der Waals surface area contributed by atoms with Crippen molar-refractivity contribution >= 4 is 0 Å². The molecule has 0 aliphatic heterocycles. The molecule has 0 aromatic heterocycles. The van der Waals surface area contributed by atoms with Crippen LogP contribution < -0.4 is 0 Å². The van der Waals surface area contributed by atoms with Gasteiger partial charge in [0.2, 0.25) is 0 Å². The fourth-order valence-corrected chi connectivity index (χ4v) is 0.247. The summed E-state index contributed by atoms with van der Waals surface area (Å²) in [5, 5.41) is 0. The summed E-state index contributed by atoms with van der Waals surface area (Å²) in [5.41, 5.74) is -1.54. The second-order valence-electron chi connectivity index (χ2n) is 1.78. The number of hydrogen-bond donors (Lipinski definition) is 0. The lowest BCUT2D eigenvalue weighted by atomic mass is 10.5. The molecule has 0 aromatic rings. The van der Waals surface area contributed by atoms with E-state index in [2.05, 4.69) is 0 Å². The van der Waals surface area contributed by atoms with Crippen LogP contribution in [0, 0.1) is 6.17 Å². The minimum absolute atomic E-state index is 0.0208. The quantitative estimate of drug-likeness (QED) is 0.425. The van der Waals surface area contributed by atoms with Crippen molar-refractivity contribution in [2.75, 3.05) is 0 Å². The molecule has 0 bridgehead atoms. The van der Waals surface area contributed by atoms with Gasteiger partial charge in [0.05, 0.1) is 0 Å². The average Bonchev–Trinajstić information content (AvgIpc) is 1.73. The van der Waals surface area contributed by atoms with Crippen LogP contribution >= 0.6 is 0 Å². The monoisotopic (exact) mass is 91.0 g/mol. The van der Waals surface area contributed by atoms with Crippen LogP contribution in [0.1, 0.15) is 13.3 Å². The van der Waals surface area contributed by atoms with Gasteiger partial charge in [-0.05, 0) is 6.92 Å². The van der Waals surface area contributed by atoms with E-state index in [1.54, 1.807) is 0 Å². The zero-order valence-electron chi connectivity index (χ0n) is 3.46. The van der Waals surface area contributed by atoms with Gasteiger partial charge in [-0.2, -0.15) is 0 Å². The Morgan fingerprint density at radius 3 is 2.00 bits per heavy atom. The van der Waals surface area contributed by atoms with Crippen molar-refractivity contribution in [3.8, 4) is 0 Å². The molecule has 0 spiro atoms. The molecule has 0 N–H and O–H groups in total. The van der Waals surface area contributed by atoms with E-state index in [-0.39, 0.29) is 6.42 Å². The lowest BCUT2D eigenvalue weighted by Crippen LogP contribution is -1.88. The zero-order valence-corrected chi connectivity index (χ0v) is 3.46. The van der Waals surface area contributed by atoms with E-state index in [1.165, 1.54) is 6.92 Å². The molecule has 0 nitrogen and oxygen atoms in total. The van der Waals surface area contributed by atoms with E-state index >= 15 is 0 Å². The van der Waals surface area contributed by atoms with Gasteiger partial charge in [0, 0.05) is 6.42 Å². The lowest BCUT2D eigenvalue weighted by molar-refractivity contribution is 0.315. The van der Waals surface area contributed by atoms with Crippen molar-refractivity contribution < 1.29 is 8.78 Å². The van der Waals surface area contributed by atoms with Crippen LogP contribution in [-0.2, 0) is 0 Å². The highest BCUT2D eigenvalue weighted by molar-refractivity contribution is 5.17. The van der Waals surface area contributed by atoms with E-state index < -0.39 is 11.8 Å². The second kappa shape index (κ2) is 0.745. The van der Waals surface area contributed by atoms with E-state index in [0.29, 0.717) is 0 Å². The van der Waals surface area contributed by atoms with Gasteiger partial charge in [0.25, 0.3) is 0 Å². The largest absolute Gasteiger partial charge is 0.240 e. The SMILES string of the molecule is CC1(F)C[C]1F. The molecule has 0 aromatic carbocycles. The summed E-state index contributed by atoms with van der Waals surface area (Å²) in [4.78, 5) is 0. The first-order chi connectivity index (χ1) is 2.63. The fourth-order valence-electron chi connectivity index (χ4n) is 0.247. The molecule has 1 rings (SSSR count).